The predicted octanol–water partition coefficient (Wildman–Crippen LogP) is 3.31. The Bertz CT molecular complexity index is 807. The fraction of sp³-hybridized carbons (Fsp3) is 0.500. The van der Waals surface area contributed by atoms with E-state index in [1.54, 1.807) is 23.1 Å². The van der Waals surface area contributed by atoms with Gasteiger partial charge in [-0.1, -0.05) is 18.7 Å². The molecule has 0 amide bonds. The van der Waals surface area contributed by atoms with Crippen molar-refractivity contribution in [1.82, 2.24) is 30.2 Å². The molecule has 0 bridgehead atoms. The van der Waals surface area contributed by atoms with Crippen LogP contribution in [-0.4, -0.2) is 30.2 Å². The van der Waals surface area contributed by atoms with E-state index in [0.29, 0.717) is 5.75 Å². The van der Waals surface area contributed by atoms with E-state index < -0.39 is 0 Å². The third-order valence-corrected chi connectivity index (χ3v) is 5.56. The molecule has 116 valence electrons. The van der Waals surface area contributed by atoms with Crippen LogP contribution in [0.4, 0.5) is 0 Å². The van der Waals surface area contributed by atoms with Crippen LogP contribution >= 0.6 is 23.1 Å². The molecule has 0 aliphatic rings. The van der Waals surface area contributed by atoms with E-state index >= 15 is 0 Å². The molecule has 0 spiro atoms. The largest absolute Gasteiger partial charge is 0.229 e. The standard InChI is InChI=1S/C14H18N6S2/c1-5-6-20-11(17-18-19-20)7-21-13-12-8(2)9(3)22-14(12)16-10(4)15-13/h5-7H2,1-4H3. The Labute approximate surface area is 137 Å². The van der Waals surface area contributed by atoms with Crippen LogP contribution in [0, 0.1) is 20.8 Å². The van der Waals surface area contributed by atoms with E-state index in [1.807, 2.05) is 11.6 Å². The van der Waals surface area contributed by atoms with Crippen LogP contribution in [0.1, 0.15) is 35.4 Å². The van der Waals surface area contributed by atoms with E-state index in [4.69, 9.17) is 0 Å². The van der Waals surface area contributed by atoms with Gasteiger partial charge in [0.1, 0.15) is 15.7 Å². The lowest BCUT2D eigenvalue weighted by Gasteiger charge is -2.05. The fourth-order valence-electron chi connectivity index (χ4n) is 2.26. The van der Waals surface area contributed by atoms with Crippen LogP contribution < -0.4 is 0 Å². The van der Waals surface area contributed by atoms with E-state index in [-0.39, 0.29) is 0 Å². The molecular formula is C14H18N6S2. The minimum atomic E-state index is 0.715. The first-order valence-electron chi connectivity index (χ1n) is 7.22. The molecule has 3 aromatic rings. The monoisotopic (exact) mass is 334 g/mol. The molecular weight excluding hydrogens is 316 g/mol. The number of thioether (sulfide) groups is 1. The fourth-order valence-corrected chi connectivity index (χ4v) is 4.47. The second-order valence-electron chi connectivity index (χ2n) is 5.15. The first-order chi connectivity index (χ1) is 10.6. The van der Waals surface area contributed by atoms with E-state index in [0.717, 1.165) is 34.5 Å². The van der Waals surface area contributed by atoms with Gasteiger partial charge in [0.25, 0.3) is 0 Å². The van der Waals surface area contributed by atoms with E-state index in [1.165, 1.54) is 15.8 Å². The molecule has 6 nitrogen and oxygen atoms in total. The maximum Gasteiger partial charge on any atom is 0.161 e. The Kier molecular flexibility index (Phi) is 4.39. The number of hydrogen-bond acceptors (Lipinski definition) is 7. The molecule has 0 saturated carbocycles. The molecule has 0 atom stereocenters. The van der Waals surface area contributed by atoms with Crippen LogP contribution in [0.5, 0.6) is 0 Å². The van der Waals surface area contributed by atoms with Crippen LogP contribution in [0.2, 0.25) is 0 Å². The topological polar surface area (TPSA) is 69.4 Å². The Hall–Kier alpha value is -1.54. The molecule has 0 saturated heterocycles. The minimum absolute atomic E-state index is 0.715. The van der Waals surface area contributed by atoms with Crippen LogP contribution in [0.25, 0.3) is 10.2 Å². The maximum absolute atomic E-state index is 4.63. The van der Waals surface area contributed by atoms with Crippen molar-refractivity contribution >= 4 is 33.3 Å². The van der Waals surface area contributed by atoms with Crippen molar-refractivity contribution in [3.05, 3.63) is 22.1 Å². The number of thiophene rings is 1. The first kappa shape index (κ1) is 15.4. The summed E-state index contributed by atoms with van der Waals surface area (Å²) >= 11 is 3.41. The van der Waals surface area contributed by atoms with E-state index in [2.05, 4.69) is 46.3 Å². The Morgan fingerprint density at radius 2 is 2.00 bits per heavy atom. The number of tetrazole rings is 1. The van der Waals surface area contributed by atoms with Gasteiger partial charge < -0.3 is 0 Å². The number of aromatic nitrogens is 6. The molecule has 0 N–H and O–H groups in total. The third kappa shape index (κ3) is 2.85. The van der Waals surface area contributed by atoms with Gasteiger partial charge in [0.05, 0.1) is 5.75 Å². The van der Waals surface area contributed by atoms with Crippen molar-refractivity contribution in [2.75, 3.05) is 0 Å². The summed E-state index contributed by atoms with van der Waals surface area (Å²) in [6, 6.07) is 0. The number of nitrogens with zero attached hydrogens (tertiary/aromatic N) is 6. The van der Waals surface area contributed by atoms with Gasteiger partial charge in [-0.25, -0.2) is 14.6 Å². The van der Waals surface area contributed by atoms with Crippen molar-refractivity contribution in [1.29, 1.82) is 0 Å². The van der Waals surface area contributed by atoms with Crippen molar-refractivity contribution < 1.29 is 0 Å². The minimum Gasteiger partial charge on any atom is -0.229 e. The van der Waals surface area contributed by atoms with Crippen LogP contribution in [0.3, 0.4) is 0 Å². The second-order valence-corrected chi connectivity index (χ2v) is 7.31. The smallest absolute Gasteiger partial charge is 0.161 e. The number of hydrogen-bond donors (Lipinski definition) is 0. The van der Waals surface area contributed by atoms with Crippen molar-refractivity contribution in [3.8, 4) is 0 Å². The van der Waals surface area contributed by atoms with Gasteiger partial charge in [-0.05, 0) is 43.2 Å². The molecule has 0 fully saturated rings. The van der Waals surface area contributed by atoms with Gasteiger partial charge in [0.2, 0.25) is 0 Å². The second kappa shape index (κ2) is 6.29. The third-order valence-electron chi connectivity index (χ3n) is 3.49. The highest BCUT2D eigenvalue weighted by Gasteiger charge is 2.15. The Balaban J connectivity index is 1.92. The maximum atomic E-state index is 4.63. The quantitative estimate of drug-likeness (QED) is 0.527. The van der Waals surface area contributed by atoms with Gasteiger partial charge in [0.15, 0.2) is 5.82 Å². The molecule has 0 unspecified atom stereocenters. The Morgan fingerprint density at radius 3 is 2.77 bits per heavy atom. The molecule has 8 heteroatoms. The van der Waals surface area contributed by atoms with Crippen molar-refractivity contribution in [2.24, 2.45) is 0 Å². The summed E-state index contributed by atoms with van der Waals surface area (Å²) in [5.41, 5.74) is 1.27. The van der Waals surface area contributed by atoms with Crippen molar-refractivity contribution in [3.63, 3.8) is 0 Å². The molecule has 3 aromatic heterocycles. The van der Waals surface area contributed by atoms with Crippen LogP contribution in [0.15, 0.2) is 5.03 Å². The summed E-state index contributed by atoms with van der Waals surface area (Å²) in [7, 11) is 0. The number of fused-ring (bicyclic) bond motifs is 1. The van der Waals surface area contributed by atoms with Gasteiger partial charge in [-0.15, -0.1) is 16.4 Å². The lowest BCUT2D eigenvalue weighted by Crippen LogP contribution is -2.04. The summed E-state index contributed by atoms with van der Waals surface area (Å²) in [6.45, 7) is 9.17. The molecule has 0 aliphatic heterocycles. The average molecular weight is 334 g/mol. The molecule has 22 heavy (non-hydrogen) atoms. The highest BCUT2D eigenvalue weighted by molar-refractivity contribution is 7.98. The number of aryl methyl sites for hydroxylation is 4. The van der Waals surface area contributed by atoms with Crippen LogP contribution in [-0.2, 0) is 12.3 Å². The SMILES string of the molecule is CCCn1nnnc1CSc1nc(C)nc2sc(C)c(C)c12. The summed E-state index contributed by atoms with van der Waals surface area (Å²) in [4.78, 5) is 11.6. The summed E-state index contributed by atoms with van der Waals surface area (Å²) in [5, 5.41) is 14.1. The lowest BCUT2D eigenvalue weighted by molar-refractivity contribution is 0.564. The zero-order valence-corrected chi connectivity index (χ0v) is 14.8. The molecule has 0 radical (unpaired) electrons. The molecule has 3 rings (SSSR count). The average Bonchev–Trinajstić information content (AvgIpc) is 3.02. The van der Waals surface area contributed by atoms with Gasteiger partial charge in [-0.2, -0.15) is 0 Å². The Morgan fingerprint density at radius 1 is 1.18 bits per heavy atom. The van der Waals surface area contributed by atoms with Gasteiger partial charge >= 0.3 is 0 Å². The van der Waals surface area contributed by atoms with E-state index in [9.17, 15) is 0 Å². The zero-order valence-electron chi connectivity index (χ0n) is 13.1. The highest BCUT2D eigenvalue weighted by Crippen LogP contribution is 2.35. The molecule has 3 heterocycles. The predicted molar refractivity (Wildman–Crippen MR) is 89.3 cm³/mol. The van der Waals surface area contributed by atoms with Gasteiger partial charge in [0, 0.05) is 16.8 Å². The molecule has 0 aromatic carbocycles. The normalized spacial score (nSPS) is 11.5. The summed E-state index contributed by atoms with van der Waals surface area (Å²) in [5.74, 6) is 2.41. The van der Waals surface area contributed by atoms with Crippen molar-refractivity contribution in [2.45, 2.75) is 51.4 Å². The number of rotatable bonds is 5. The van der Waals surface area contributed by atoms with Gasteiger partial charge in [-0.3, -0.25) is 0 Å². The lowest BCUT2D eigenvalue weighted by atomic mass is 10.2. The first-order valence-corrected chi connectivity index (χ1v) is 9.02. The summed E-state index contributed by atoms with van der Waals surface area (Å²) in [6.07, 6.45) is 1.02. The zero-order chi connectivity index (χ0) is 15.7. The highest BCUT2D eigenvalue weighted by atomic mass is 32.2. The summed E-state index contributed by atoms with van der Waals surface area (Å²) < 4.78 is 1.87. The molecule has 0 aliphatic carbocycles.